The van der Waals surface area contributed by atoms with Crippen LogP contribution in [0, 0.1) is 5.82 Å². The summed E-state index contributed by atoms with van der Waals surface area (Å²) >= 11 is 5.56. The number of likely N-dealkylation sites (tertiary alicyclic amines) is 1. The Kier molecular flexibility index (Phi) is 3.64. The summed E-state index contributed by atoms with van der Waals surface area (Å²) in [6, 6.07) is 4.04. The predicted octanol–water partition coefficient (Wildman–Crippen LogP) is 2.08. The number of hydrogen-bond acceptors (Lipinski definition) is 2. The average Bonchev–Trinajstić information content (AvgIpc) is 2.33. The molecule has 2 rings (SSSR count). The van der Waals surface area contributed by atoms with Crippen LogP contribution in [0.1, 0.15) is 23.2 Å². The van der Waals surface area contributed by atoms with Crippen LogP contribution in [-0.4, -0.2) is 35.1 Å². The molecule has 1 N–H and O–H groups in total. The lowest BCUT2D eigenvalue weighted by Gasteiger charge is -2.29. The zero-order valence-electron chi connectivity index (χ0n) is 9.20. The van der Waals surface area contributed by atoms with Crippen molar-refractivity contribution in [3.05, 3.63) is 34.6 Å². The van der Waals surface area contributed by atoms with Gasteiger partial charge in [-0.1, -0.05) is 11.6 Å². The van der Waals surface area contributed by atoms with Crippen LogP contribution in [-0.2, 0) is 0 Å². The maximum atomic E-state index is 13.2. The number of hydrogen-bond donors (Lipinski definition) is 1. The van der Waals surface area contributed by atoms with Crippen molar-refractivity contribution in [1.82, 2.24) is 4.90 Å². The van der Waals surface area contributed by atoms with Crippen molar-refractivity contribution in [2.24, 2.45) is 0 Å². The Labute approximate surface area is 104 Å². The first kappa shape index (κ1) is 12.3. The van der Waals surface area contributed by atoms with Gasteiger partial charge < -0.3 is 10.0 Å². The van der Waals surface area contributed by atoms with Crippen LogP contribution >= 0.6 is 11.6 Å². The molecule has 0 radical (unpaired) electrons. The fraction of sp³-hybridized carbons (Fsp3) is 0.417. The van der Waals surface area contributed by atoms with E-state index in [1.807, 2.05) is 0 Å². The van der Waals surface area contributed by atoms with Crippen LogP contribution in [0.4, 0.5) is 4.39 Å². The van der Waals surface area contributed by atoms with Crippen molar-refractivity contribution in [2.75, 3.05) is 13.1 Å². The molecule has 1 heterocycles. The van der Waals surface area contributed by atoms with Crippen molar-refractivity contribution in [3.8, 4) is 0 Å². The van der Waals surface area contributed by atoms with Gasteiger partial charge in [-0.15, -0.1) is 0 Å². The smallest absolute Gasteiger partial charge is 0.253 e. The largest absolute Gasteiger partial charge is 0.393 e. The fourth-order valence-corrected chi connectivity index (χ4v) is 2.00. The van der Waals surface area contributed by atoms with Crippen LogP contribution < -0.4 is 0 Å². The van der Waals surface area contributed by atoms with E-state index in [4.69, 9.17) is 11.6 Å². The molecule has 1 aliphatic heterocycles. The van der Waals surface area contributed by atoms with E-state index in [0.717, 1.165) is 6.07 Å². The minimum absolute atomic E-state index is 0.00983. The standard InChI is InChI=1S/C12H13ClFNO2/c13-10-2-1-8(7-11(10)14)12(17)15-5-3-9(16)4-6-15/h1-2,7,9,16H,3-6H2. The van der Waals surface area contributed by atoms with Gasteiger partial charge in [0.05, 0.1) is 11.1 Å². The van der Waals surface area contributed by atoms with Crippen molar-refractivity contribution < 1.29 is 14.3 Å². The highest BCUT2D eigenvalue weighted by Gasteiger charge is 2.22. The summed E-state index contributed by atoms with van der Waals surface area (Å²) in [6.45, 7) is 1.01. The highest BCUT2D eigenvalue weighted by atomic mass is 35.5. The minimum atomic E-state index is -0.588. The molecule has 1 saturated heterocycles. The molecule has 0 saturated carbocycles. The van der Waals surface area contributed by atoms with E-state index in [0.29, 0.717) is 31.5 Å². The molecule has 5 heteroatoms. The molecular formula is C12H13ClFNO2. The van der Waals surface area contributed by atoms with Crippen molar-refractivity contribution in [1.29, 1.82) is 0 Å². The zero-order chi connectivity index (χ0) is 12.4. The Morgan fingerprint density at radius 3 is 2.65 bits per heavy atom. The molecule has 3 nitrogen and oxygen atoms in total. The van der Waals surface area contributed by atoms with E-state index >= 15 is 0 Å². The first-order chi connectivity index (χ1) is 8.08. The van der Waals surface area contributed by atoms with E-state index in [-0.39, 0.29) is 17.0 Å². The summed E-state index contributed by atoms with van der Waals surface area (Å²) in [5.74, 6) is -0.804. The second-order valence-corrected chi connectivity index (χ2v) is 4.56. The van der Waals surface area contributed by atoms with Gasteiger partial charge in [-0.05, 0) is 31.0 Å². The average molecular weight is 258 g/mol. The van der Waals surface area contributed by atoms with Gasteiger partial charge >= 0.3 is 0 Å². The van der Waals surface area contributed by atoms with Crippen LogP contribution in [0.2, 0.25) is 5.02 Å². The maximum absolute atomic E-state index is 13.2. The number of amides is 1. The molecule has 1 aliphatic rings. The highest BCUT2D eigenvalue weighted by Crippen LogP contribution is 2.18. The molecule has 1 fully saturated rings. The van der Waals surface area contributed by atoms with Gasteiger partial charge in [-0.3, -0.25) is 4.79 Å². The summed E-state index contributed by atoms with van der Waals surface area (Å²) in [5, 5.41) is 9.35. The fourth-order valence-electron chi connectivity index (χ4n) is 1.88. The quantitative estimate of drug-likeness (QED) is 0.837. The Balaban J connectivity index is 2.11. The van der Waals surface area contributed by atoms with Gasteiger partial charge in [0.15, 0.2) is 0 Å². The zero-order valence-corrected chi connectivity index (χ0v) is 9.95. The molecular weight excluding hydrogens is 245 g/mol. The van der Waals surface area contributed by atoms with Gasteiger partial charge in [0.1, 0.15) is 5.82 Å². The van der Waals surface area contributed by atoms with Gasteiger partial charge in [0.2, 0.25) is 0 Å². The van der Waals surface area contributed by atoms with E-state index in [1.165, 1.54) is 12.1 Å². The van der Waals surface area contributed by atoms with Gasteiger partial charge in [0, 0.05) is 18.7 Å². The molecule has 1 amide bonds. The number of carbonyl (C=O) groups is 1. The molecule has 1 aromatic carbocycles. The second kappa shape index (κ2) is 5.02. The Morgan fingerprint density at radius 1 is 1.41 bits per heavy atom. The van der Waals surface area contributed by atoms with Crippen LogP contribution in [0.3, 0.4) is 0 Å². The molecule has 17 heavy (non-hydrogen) atoms. The molecule has 0 aliphatic carbocycles. The third-order valence-corrected chi connectivity index (χ3v) is 3.22. The van der Waals surface area contributed by atoms with Gasteiger partial charge in [-0.25, -0.2) is 4.39 Å². The summed E-state index contributed by atoms with van der Waals surface area (Å²) in [7, 11) is 0. The van der Waals surface area contributed by atoms with Crippen LogP contribution in [0.25, 0.3) is 0 Å². The lowest BCUT2D eigenvalue weighted by Crippen LogP contribution is -2.40. The first-order valence-corrected chi connectivity index (χ1v) is 5.88. The minimum Gasteiger partial charge on any atom is -0.393 e. The van der Waals surface area contributed by atoms with Gasteiger partial charge in [0.25, 0.3) is 5.91 Å². The number of nitrogens with zero attached hydrogens (tertiary/aromatic N) is 1. The summed E-state index contributed by atoms with van der Waals surface area (Å²) in [4.78, 5) is 13.6. The van der Waals surface area contributed by atoms with Crippen LogP contribution in [0.15, 0.2) is 18.2 Å². The van der Waals surface area contributed by atoms with Crippen molar-refractivity contribution >= 4 is 17.5 Å². The number of halogens is 2. The van der Waals surface area contributed by atoms with Crippen LogP contribution in [0.5, 0.6) is 0 Å². The second-order valence-electron chi connectivity index (χ2n) is 4.15. The van der Waals surface area contributed by atoms with Gasteiger partial charge in [-0.2, -0.15) is 0 Å². The molecule has 1 aromatic rings. The first-order valence-electron chi connectivity index (χ1n) is 5.50. The Hall–Kier alpha value is -1.13. The number of aliphatic hydroxyl groups excluding tert-OH is 1. The predicted molar refractivity (Wildman–Crippen MR) is 62.6 cm³/mol. The number of aliphatic hydroxyl groups is 1. The lowest BCUT2D eigenvalue weighted by atomic mass is 10.1. The number of rotatable bonds is 1. The Bertz CT molecular complexity index is 431. The summed E-state index contributed by atoms with van der Waals surface area (Å²) < 4.78 is 13.2. The van der Waals surface area contributed by atoms with E-state index in [1.54, 1.807) is 4.90 Å². The van der Waals surface area contributed by atoms with E-state index in [2.05, 4.69) is 0 Å². The van der Waals surface area contributed by atoms with Crippen molar-refractivity contribution in [3.63, 3.8) is 0 Å². The van der Waals surface area contributed by atoms with E-state index < -0.39 is 5.82 Å². The summed E-state index contributed by atoms with van der Waals surface area (Å²) in [5.41, 5.74) is 0.295. The lowest BCUT2D eigenvalue weighted by molar-refractivity contribution is 0.0546. The molecule has 0 aromatic heterocycles. The third kappa shape index (κ3) is 2.76. The monoisotopic (exact) mass is 257 g/mol. The molecule has 0 spiro atoms. The molecule has 0 bridgehead atoms. The highest BCUT2D eigenvalue weighted by molar-refractivity contribution is 6.30. The summed E-state index contributed by atoms with van der Waals surface area (Å²) in [6.07, 6.45) is 0.810. The SMILES string of the molecule is O=C(c1ccc(Cl)c(F)c1)N1CCC(O)CC1. The third-order valence-electron chi connectivity index (χ3n) is 2.92. The Morgan fingerprint density at radius 2 is 2.06 bits per heavy atom. The normalized spacial score (nSPS) is 17.2. The number of benzene rings is 1. The van der Waals surface area contributed by atoms with Crippen molar-refractivity contribution in [2.45, 2.75) is 18.9 Å². The molecule has 92 valence electrons. The topological polar surface area (TPSA) is 40.5 Å². The number of carbonyl (C=O) groups excluding carboxylic acids is 1. The maximum Gasteiger partial charge on any atom is 0.253 e. The molecule has 0 atom stereocenters. The van der Waals surface area contributed by atoms with E-state index in [9.17, 15) is 14.3 Å². The molecule has 0 unspecified atom stereocenters. The number of piperidine rings is 1.